The molecule has 2 aromatic heterocycles. The van der Waals surface area contributed by atoms with Crippen LogP contribution in [0.15, 0.2) is 46.9 Å². The molecule has 7 heteroatoms. The summed E-state index contributed by atoms with van der Waals surface area (Å²) in [6.07, 6.45) is 6.97. The van der Waals surface area contributed by atoms with E-state index in [2.05, 4.69) is 51.3 Å². The maximum Gasteiger partial charge on any atom is 0.233 e. The van der Waals surface area contributed by atoms with Crippen LogP contribution in [-0.4, -0.2) is 38.4 Å². The topological polar surface area (TPSA) is 51.0 Å². The quantitative estimate of drug-likeness (QED) is 0.422. The first-order valence-corrected chi connectivity index (χ1v) is 12.9. The highest BCUT2D eigenvalue weighted by Gasteiger charge is 2.24. The number of carbonyl (C=O) groups excluding carboxylic acids is 1. The fourth-order valence-electron chi connectivity index (χ4n) is 4.17. The van der Waals surface area contributed by atoms with Crippen molar-refractivity contribution in [3.05, 3.63) is 63.6 Å². The minimum absolute atomic E-state index is 0.117. The fraction of sp³-hybridized carbons (Fsp3) is 0.458. The van der Waals surface area contributed by atoms with Crippen LogP contribution in [0.5, 0.6) is 0 Å². The molecule has 31 heavy (non-hydrogen) atoms. The number of thioether (sulfide) groups is 1. The number of amides is 1. The minimum atomic E-state index is 0.117. The summed E-state index contributed by atoms with van der Waals surface area (Å²) in [4.78, 5) is 15.9. The molecular formula is C24H30N4OS2. The summed E-state index contributed by atoms with van der Waals surface area (Å²) in [6.45, 7) is 2.72. The van der Waals surface area contributed by atoms with Gasteiger partial charge >= 0.3 is 0 Å². The monoisotopic (exact) mass is 454 g/mol. The largest absolute Gasteiger partial charge is 0.341 e. The number of nitrogens with zero attached hydrogens (tertiary/aromatic N) is 4. The van der Waals surface area contributed by atoms with Crippen molar-refractivity contribution < 1.29 is 4.79 Å². The Balaban J connectivity index is 1.45. The van der Waals surface area contributed by atoms with E-state index in [0.29, 0.717) is 18.3 Å². The molecule has 1 aliphatic carbocycles. The molecule has 0 atom stereocenters. The standard InChI is InChI=1S/C24H30N4OS2/c1-18-9-6-7-10-19(18)16-27(2)23(29)17-31-24-26-25-22(15-21-13-8-14-30-21)28(24)20-11-4-3-5-12-20/h6-10,13-14,20H,3-5,11-12,15-17H2,1-2H3. The van der Waals surface area contributed by atoms with Gasteiger partial charge in [0, 0.05) is 30.9 Å². The lowest BCUT2D eigenvalue weighted by Crippen LogP contribution is -2.28. The van der Waals surface area contributed by atoms with Crippen molar-refractivity contribution in [1.82, 2.24) is 19.7 Å². The Morgan fingerprint density at radius 2 is 1.97 bits per heavy atom. The van der Waals surface area contributed by atoms with Crippen molar-refractivity contribution in [1.29, 1.82) is 0 Å². The van der Waals surface area contributed by atoms with Crippen molar-refractivity contribution >= 4 is 29.0 Å². The van der Waals surface area contributed by atoms with Crippen LogP contribution < -0.4 is 0 Å². The molecule has 0 saturated heterocycles. The van der Waals surface area contributed by atoms with Crippen LogP contribution >= 0.6 is 23.1 Å². The van der Waals surface area contributed by atoms with Crippen LogP contribution in [0.25, 0.3) is 0 Å². The molecule has 2 heterocycles. The smallest absolute Gasteiger partial charge is 0.233 e. The van der Waals surface area contributed by atoms with Gasteiger partial charge < -0.3 is 9.47 Å². The Morgan fingerprint density at radius 1 is 1.16 bits per heavy atom. The molecule has 5 nitrogen and oxygen atoms in total. The highest BCUT2D eigenvalue weighted by atomic mass is 32.2. The van der Waals surface area contributed by atoms with Gasteiger partial charge in [0.15, 0.2) is 5.16 Å². The summed E-state index contributed by atoms with van der Waals surface area (Å²) >= 11 is 3.28. The zero-order valence-corrected chi connectivity index (χ0v) is 19.9. The van der Waals surface area contributed by atoms with E-state index >= 15 is 0 Å². The number of carbonyl (C=O) groups is 1. The van der Waals surface area contributed by atoms with Crippen molar-refractivity contribution in [2.24, 2.45) is 0 Å². The van der Waals surface area contributed by atoms with Gasteiger partial charge in [-0.1, -0.05) is 61.4 Å². The summed E-state index contributed by atoms with van der Waals surface area (Å²) in [6, 6.07) is 12.9. The van der Waals surface area contributed by atoms with E-state index in [0.717, 1.165) is 17.4 Å². The van der Waals surface area contributed by atoms with Gasteiger partial charge in [-0.15, -0.1) is 21.5 Å². The van der Waals surface area contributed by atoms with Crippen molar-refractivity contribution in [3.8, 4) is 0 Å². The first-order valence-electron chi connectivity index (χ1n) is 11.0. The third-order valence-electron chi connectivity index (χ3n) is 6.01. The average molecular weight is 455 g/mol. The lowest BCUT2D eigenvalue weighted by molar-refractivity contribution is -0.127. The summed E-state index contributed by atoms with van der Waals surface area (Å²) < 4.78 is 2.33. The van der Waals surface area contributed by atoms with Crippen molar-refractivity contribution in [2.75, 3.05) is 12.8 Å². The van der Waals surface area contributed by atoms with E-state index in [4.69, 9.17) is 0 Å². The highest BCUT2D eigenvalue weighted by molar-refractivity contribution is 7.99. The Labute approximate surface area is 192 Å². The third-order valence-corrected chi connectivity index (χ3v) is 7.81. The molecule has 0 N–H and O–H groups in total. The molecule has 0 unspecified atom stereocenters. The zero-order valence-electron chi connectivity index (χ0n) is 18.3. The van der Waals surface area contributed by atoms with Gasteiger partial charge in [-0.25, -0.2) is 0 Å². The molecule has 0 spiro atoms. The van der Waals surface area contributed by atoms with E-state index in [1.807, 2.05) is 24.1 Å². The lowest BCUT2D eigenvalue weighted by Gasteiger charge is -2.25. The van der Waals surface area contributed by atoms with Gasteiger partial charge in [-0.3, -0.25) is 4.79 Å². The second-order valence-electron chi connectivity index (χ2n) is 8.28. The van der Waals surface area contributed by atoms with Crippen LogP contribution in [-0.2, 0) is 17.8 Å². The minimum Gasteiger partial charge on any atom is -0.341 e. The Bertz CT molecular complexity index is 993. The summed E-state index contributed by atoms with van der Waals surface area (Å²) in [5.74, 6) is 1.52. The summed E-state index contributed by atoms with van der Waals surface area (Å²) in [7, 11) is 1.88. The number of thiophene rings is 1. The van der Waals surface area contributed by atoms with Crippen LogP contribution in [0.1, 0.15) is 60.0 Å². The predicted octanol–water partition coefficient (Wildman–Crippen LogP) is 5.49. The Morgan fingerprint density at radius 3 is 2.71 bits per heavy atom. The maximum absolute atomic E-state index is 12.8. The van der Waals surface area contributed by atoms with E-state index in [9.17, 15) is 4.79 Å². The molecule has 4 rings (SSSR count). The normalized spacial score (nSPS) is 14.6. The maximum atomic E-state index is 12.8. The number of aromatic nitrogens is 3. The molecule has 1 aromatic carbocycles. The molecular weight excluding hydrogens is 424 g/mol. The lowest BCUT2D eigenvalue weighted by atomic mass is 9.95. The Hall–Kier alpha value is -2.12. The van der Waals surface area contributed by atoms with E-state index in [1.165, 1.54) is 59.9 Å². The third kappa shape index (κ3) is 5.57. The number of hydrogen-bond donors (Lipinski definition) is 0. The van der Waals surface area contributed by atoms with E-state index in [1.54, 1.807) is 11.3 Å². The van der Waals surface area contributed by atoms with Gasteiger partial charge in [0.1, 0.15) is 5.82 Å². The summed E-state index contributed by atoms with van der Waals surface area (Å²) in [5.41, 5.74) is 2.40. The number of aryl methyl sites for hydroxylation is 1. The molecule has 164 valence electrons. The average Bonchev–Trinajstić information content (AvgIpc) is 3.44. The van der Waals surface area contributed by atoms with Gasteiger partial charge in [-0.05, 0) is 42.3 Å². The van der Waals surface area contributed by atoms with Crippen molar-refractivity contribution in [2.45, 2.75) is 63.2 Å². The molecule has 1 amide bonds. The predicted molar refractivity (Wildman–Crippen MR) is 128 cm³/mol. The molecule has 1 fully saturated rings. The van der Waals surface area contributed by atoms with Gasteiger partial charge in [0.2, 0.25) is 5.91 Å². The van der Waals surface area contributed by atoms with Gasteiger partial charge in [-0.2, -0.15) is 0 Å². The van der Waals surface area contributed by atoms with Crippen LogP contribution in [0.3, 0.4) is 0 Å². The molecule has 1 saturated carbocycles. The van der Waals surface area contributed by atoms with Crippen LogP contribution in [0, 0.1) is 6.92 Å². The summed E-state index contributed by atoms with van der Waals surface area (Å²) in [5, 5.41) is 12.0. The molecule has 1 aliphatic rings. The van der Waals surface area contributed by atoms with E-state index in [-0.39, 0.29) is 5.91 Å². The number of benzene rings is 1. The van der Waals surface area contributed by atoms with Crippen LogP contribution in [0.4, 0.5) is 0 Å². The number of hydrogen-bond acceptors (Lipinski definition) is 5. The first-order chi connectivity index (χ1) is 15.1. The SMILES string of the molecule is Cc1ccccc1CN(C)C(=O)CSc1nnc(Cc2cccs2)n1C1CCCCC1. The second kappa shape index (κ2) is 10.5. The first kappa shape index (κ1) is 22.1. The van der Waals surface area contributed by atoms with Crippen molar-refractivity contribution in [3.63, 3.8) is 0 Å². The van der Waals surface area contributed by atoms with Gasteiger partial charge in [0.25, 0.3) is 0 Å². The molecule has 0 aliphatic heterocycles. The molecule has 0 radical (unpaired) electrons. The fourth-order valence-corrected chi connectivity index (χ4v) is 5.84. The second-order valence-corrected chi connectivity index (χ2v) is 10.3. The zero-order chi connectivity index (χ0) is 21.6. The van der Waals surface area contributed by atoms with Gasteiger partial charge in [0.05, 0.1) is 5.75 Å². The Kier molecular flexibility index (Phi) is 7.45. The van der Waals surface area contributed by atoms with E-state index < -0.39 is 0 Å². The number of rotatable bonds is 8. The van der Waals surface area contributed by atoms with Crippen LogP contribution in [0.2, 0.25) is 0 Å². The highest BCUT2D eigenvalue weighted by Crippen LogP contribution is 2.33. The molecule has 3 aromatic rings. The molecule has 0 bridgehead atoms.